The Kier molecular flexibility index (Phi) is 11.2. The molecule has 0 saturated heterocycles. The van der Waals surface area contributed by atoms with Crippen molar-refractivity contribution in [2.75, 3.05) is 17.1 Å². The van der Waals surface area contributed by atoms with E-state index in [0.29, 0.717) is 17.1 Å². The van der Waals surface area contributed by atoms with Crippen molar-refractivity contribution in [2.24, 2.45) is 0 Å². The Morgan fingerprint density at radius 3 is 2.14 bits per heavy atom. The fourth-order valence-corrected chi connectivity index (χ4v) is 5.92. The van der Waals surface area contributed by atoms with Crippen LogP contribution < -0.4 is 9.62 Å². The molecule has 226 valence electrons. The molecule has 9 heteroatoms. The molecule has 0 saturated carbocycles. The molecular formula is C33H42ClN3O4S. The Morgan fingerprint density at radius 1 is 0.905 bits per heavy atom. The van der Waals surface area contributed by atoms with Crippen LogP contribution in [-0.4, -0.2) is 49.5 Å². The number of hydrogen-bond acceptors (Lipinski definition) is 4. The van der Waals surface area contributed by atoms with E-state index in [1.54, 1.807) is 23.1 Å². The third-order valence-corrected chi connectivity index (χ3v) is 8.46. The molecule has 0 radical (unpaired) electrons. The van der Waals surface area contributed by atoms with E-state index in [1.165, 1.54) is 10.6 Å². The largest absolute Gasteiger partial charge is 0.350 e. The molecule has 0 bridgehead atoms. The summed E-state index contributed by atoms with van der Waals surface area (Å²) in [7, 11) is -3.59. The Hall–Kier alpha value is -3.36. The number of benzene rings is 3. The second-order valence-electron chi connectivity index (χ2n) is 11.8. The van der Waals surface area contributed by atoms with Crippen molar-refractivity contribution < 1.29 is 18.0 Å². The summed E-state index contributed by atoms with van der Waals surface area (Å²) >= 11 is 6.11. The van der Waals surface area contributed by atoms with Gasteiger partial charge in [0, 0.05) is 36.5 Å². The van der Waals surface area contributed by atoms with Gasteiger partial charge in [0.1, 0.15) is 6.04 Å². The molecule has 3 aromatic carbocycles. The third-order valence-electron chi connectivity index (χ3n) is 7.03. The lowest BCUT2D eigenvalue weighted by Gasteiger charge is -2.34. The average Bonchev–Trinajstić information content (AvgIpc) is 2.90. The first-order valence-corrected chi connectivity index (χ1v) is 16.3. The van der Waals surface area contributed by atoms with Gasteiger partial charge in [0.25, 0.3) is 0 Å². The summed E-state index contributed by atoms with van der Waals surface area (Å²) in [5.74, 6) is -0.480. The van der Waals surface area contributed by atoms with Crippen LogP contribution in [0.3, 0.4) is 0 Å². The van der Waals surface area contributed by atoms with E-state index in [1.807, 2.05) is 89.2 Å². The molecule has 1 N–H and O–H groups in total. The lowest BCUT2D eigenvalue weighted by Crippen LogP contribution is -2.54. The van der Waals surface area contributed by atoms with Gasteiger partial charge in [-0.3, -0.25) is 13.9 Å². The monoisotopic (exact) mass is 611 g/mol. The van der Waals surface area contributed by atoms with Crippen LogP contribution in [-0.2, 0) is 32.6 Å². The molecule has 0 aliphatic heterocycles. The average molecular weight is 612 g/mol. The Morgan fingerprint density at radius 2 is 1.55 bits per heavy atom. The second-order valence-corrected chi connectivity index (χ2v) is 14.1. The zero-order valence-electron chi connectivity index (χ0n) is 25.4. The zero-order valence-corrected chi connectivity index (χ0v) is 26.9. The molecule has 7 nitrogen and oxygen atoms in total. The van der Waals surface area contributed by atoms with E-state index in [4.69, 9.17) is 11.6 Å². The van der Waals surface area contributed by atoms with E-state index in [9.17, 15) is 18.0 Å². The lowest BCUT2D eigenvalue weighted by atomic mass is 10.00. The van der Waals surface area contributed by atoms with Gasteiger partial charge in [-0.1, -0.05) is 66.2 Å². The molecule has 3 rings (SSSR count). The molecule has 0 aliphatic rings. The summed E-state index contributed by atoms with van der Waals surface area (Å²) in [6, 6.07) is 21.6. The Labute approximate surface area is 255 Å². The quantitative estimate of drug-likeness (QED) is 0.270. The van der Waals surface area contributed by atoms with Crippen molar-refractivity contribution in [2.45, 2.75) is 72.0 Å². The fraction of sp³-hybridized carbons (Fsp3) is 0.394. The van der Waals surface area contributed by atoms with Crippen LogP contribution in [0, 0.1) is 13.8 Å². The maximum Gasteiger partial charge on any atom is 0.243 e. The molecule has 1 atom stereocenters. The summed E-state index contributed by atoms with van der Waals surface area (Å²) in [5.41, 5.74) is 3.74. The molecule has 2 amide bonds. The number of sulfonamides is 1. The first-order valence-electron chi connectivity index (χ1n) is 14.1. The number of anilines is 1. The number of aryl methyl sites for hydroxylation is 1. The summed E-state index contributed by atoms with van der Waals surface area (Å²) in [6.07, 6.45) is 1.87. The summed E-state index contributed by atoms with van der Waals surface area (Å²) in [6.45, 7) is 9.89. The summed E-state index contributed by atoms with van der Waals surface area (Å²) in [5, 5.41) is 3.63. The van der Waals surface area contributed by atoms with Gasteiger partial charge in [0.2, 0.25) is 21.8 Å². The van der Waals surface area contributed by atoms with Crippen LogP contribution in [0.4, 0.5) is 5.69 Å². The highest BCUT2D eigenvalue weighted by Gasteiger charge is 2.32. The van der Waals surface area contributed by atoms with Crippen LogP contribution in [0.1, 0.15) is 55.9 Å². The summed E-state index contributed by atoms with van der Waals surface area (Å²) < 4.78 is 26.9. The molecule has 0 aliphatic carbocycles. The SMILES string of the molecule is Cc1cccc(N(CCCC(=O)N(Cc2ccc(Cl)cc2)C(Cc2ccccc2)C(=O)NC(C)(C)C)S(C)(=O)=O)c1C. The number of amides is 2. The first kappa shape index (κ1) is 33.1. The number of nitrogens with one attached hydrogen (secondary N) is 1. The van der Waals surface area contributed by atoms with E-state index in [0.717, 1.165) is 22.3 Å². The highest BCUT2D eigenvalue weighted by Crippen LogP contribution is 2.26. The topological polar surface area (TPSA) is 86.8 Å². The lowest BCUT2D eigenvalue weighted by molar-refractivity contribution is -0.142. The molecule has 0 fully saturated rings. The van der Waals surface area contributed by atoms with Crippen LogP contribution in [0.15, 0.2) is 72.8 Å². The molecule has 1 unspecified atom stereocenters. The number of rotatable bonds is 12. The predicted molar refractivity (Wildman–Crippen MR) is 171 cm³/mol. The number of hydrogen-bond donors (Lipinski definition) is 1. The first-order chi connectivity index (χ1) is 19.7. The van der Waals surface area contributed by atoms with Crippen molar-refractivity contribution in [3.05, 3.63) is 100 Å². The standard InChI is InChI=1S/C33H42ClN3O4S/c1-24-12-10-15-29(25(24)2)37(42(6,40)41)21-11-16-31(38)36(23-27-17-19-28(34)20-18-27)30(32(39)35-33(3,4)5)22-26-13-8-7-9-14-26/h7-10,12-15,17-20,30H,11,16,21-23H2,1-6H3,(H,35,39). The van der Waals surface area contributed by atoms with Gasteiger partial charge in [-0.25, -0.2) is 8.42 Å². The molecule has 3 aromatic rings. The van der Waals surface area contributed by atoms with Gasteiger partial charge in [0.15, 0.2) is 0 Å². The minimum absolute atomic E-state index is 0.0680. The molecule has 0 aromatic heterocycles. The van der Waals surface area contributed by atoms with Gasteiger partial charge in [-0.05, 0) is 81.5 Å². The van der Waals surface area contributed by atoms with Crippen LogP contribution in [0.5, 0.6) is 0 Å². The molecule has 0 heterocycles. The van der Waals surface area contributed by atoms with Crippen molar-refractivity contribution in [3.63, 3.8) is 0 Å². The van der Waals surface area contributed by atoms with E-state index in [-0.39, 0.29) is 37.7 Å². The maximum absolute atomic E-state index is 14.0. The van der Waals surface area contributed by atoms with Crippen molar-refractivity contribution in [1.82, 2.24) is 10.2 Å². The van der Waals surface area contributed by atoms with E-state index >= 15 is 0 Å². The highest BCUT2D eigenvalue weighted by atomic mass is 35.5. The Balaban J connectivity index is 1.92. The number of halogens is 1. The second kappa shape index (κ2) is 14.2. The number of nitrogens with zero attached hydrogens (tertiary/aromatic N) is 2. The Bertz CT molecular complexity index is 1470. The van der Waals surface area contributed by atoms with Gasteiger partial charge < -0.3 is 10.2 Å². The van der Waals surface area contributed by atoms with Gasteiger partial charge >= 0.3 is 0 Å². The van der Waals surface area contributed by atoms with Crippen molar-refractivity contribution in [1.29, 1.82) is 0 Å². The minimum atomic E-state index is -3.59. The number of carbonyl (C=O) groups excluding carboxylic acids is 2. The van der Waals surface area contributed by atoms with Gasteiger partial charge in [-0.15, -0.1) is 0 Å². The van der Waals surface area contributed by atoms with Crippen LogP contribution >= 0.6 is 11.6 Å². The fourth-order valence-electron chi connectivity index (χ4n) is 4.78. The van der Waals surface area contributed by atoms with Gasteiger partial charge in [-0.2, -0.15) is 0 Å². The van der Waals surface area contributed by atoms with Crippen LogP contribution in [0.25, 0.3) is 0 Å². The van der Waals surface area contributed by atoms with Crippen LogP contribution in [0.2, 0.25) is 5.02 Å². The molecular weight excluding hydrogens is 570 g/mol. The molecule has 0 spiro atoms. The number of carbonyl (C=O) groups is 2. The normalized spacial score (nSPS) is 12.5. The summed E-state index contributed by atoms with van der Waals surface area (Å²) in [4.78, 5) is 29.3. The maximum atomic E-state index is 14.0. The van der Waals surface area contributed by atoms with Gasteiger partial charge in [0.05, 0.1) is 11.9 Å². The predicted octanol–water partition coefficient (Wildman–Crippen LogP) is 6.06. The minimum Gasteiger partial charge on any atom is -0.350 e. The smallest absolute Gasteiger partial charge is 0.243 e. The third kappa shape index (κ3) is 9.60. The molecule has 42 heavy (non-hydrogen) atoms. The highest BCUT2D eigenvalue weighted by molar-refractivity contribution is 7.92. The van der Waals surface area contributed by atoms with E-state index < -0.39 is 21.6 Å². The van der Waals surface area contributed by atoms with E-state index in [2.05, 4.69) is 5.32 Å². The van der Waals surface area contributed by atoms with Crippen molar-refractivity contribution >= 4 is 39.1 Å². The van der Waals surface area contributed by atoms with Crippen molar-refractivity contribution in [3.8, 4) is 0 Å². The zero-order chi connectivity index (χ0) is 31.1.